The zero-order chi connectivity index (χ0) is 10.3. The van der Waals surface area contributed by atoms with Crippen molar-refractivity contribution in [2.75, 3.05) is 13.2 Å². The third-order valence-corrected chi connectivity index (χ3v) is 3.76. The normalized spacial score (nSPS) is 29.1. The summed E-state index contributed by atoms with van der Waals surface area (Å²) in [4.78, 5) is 0. The molecular formula is C14H24O. The number of allylic oxidation sites excluding steroid dienone is 2. The Bertz CT molecular complexity index is 199. The van der Waals surface area contributed by atoms with Crippen LogP contribution < -0.4 is 0 Å². The molecule has 0 amide bonds. The molecule has 1 fully saturated rings. The lowest BCUT2D eigenvalue weighted by Gasteiger charge is -2.22. The maximum Gasteiger partial charge on any atom is 0.0468 e. The maximum absolute atomic E-state index is 5.57. The van der Waals surface area contributed by atoms with Gasteiger partial charge in [-0.25, -0.2) is 0 Å². The SMILES string of the molecule is C1=C(CC2CCCCOCC2)CCCC1. The standard InChI is InChI=1S/C14H24O/c1-2-6-13(7-3-1)12-14-8-4-5-10-15-11-9-14/h6,14H,1-5,7-12H2. The van der Waals surface area contributed by atoms with Gasteiger partial charge in [-0.3, -0.25) is 0 Å². The quantitative estimate of drug-likeness (QED) is 0.621. The Kier molecular flexibility index (Phi) is 4.72. The smallest absolute Gasteiger partial charge is 0.0468 e. The fraction of sp³-hybridized carbons (Fsp3) is 0.857. The van der Waals surface area contributed by atoms with Crippen molar-refractivity contribution in [1.29, 1.82) is 0 Å². The number of rotatable bonds is 2. The van der Waals surface area contributed by atoms with Crippen LogP contribution in [0.1, 0.15) is 57.8 Å². The summed E-state index contributed by atoms with van der Waals surface area (Å²) in [6.07, 6.45) is 14.8. The highest BCUT2D eigenvalue weighted by Crippen LogP contribution is 2.28. The Morgan fingerprint density at radius 3 is 2.93 bits per heavy atom. The highest BCUT2D eigenvalue weighted by atomic mass is 16.5. The Hall–Kier alpha value is -0.300. The van der Waals surface area contributed by atoms with E-state index in [1.807, 2.05) is 0 Å². The molecule has 1 atom stereocenters. The predicted molar refractivity (Wildman–Crippen MR) is 63.9 cm³/mol. The Morgan fingerprint density at radius 2 is 2.07 bits per heavy atom. The molecule has 1 heterocycles. The van der Waals surface area contributed by atoms with E-state index in [-0.39, 0.29) is 0 Å². The van der Waals surface area contributed by atoms with Crippen LogP contribution in [-0.2, 0) is 4.74 Å². The van der Waals surface area contributed by atoms with Crippen molar-refractivity contribution < 1.29 is 4.74 Å². The second-order valence-corrected chi connectivity index (χ2v) is 5.08. The molecule has 1 heteroatoms. The fourth-order valence-electron chi connectivity index (χ4n) is 2.80. The zero-order valence-electron chi connectivity index (χ0n) is 9.84. The van der Waals surface area contributed by atoms with E-state index in [1.165, 1.54) is 57.8 Å². The third-order valence-electron chi connectivity index (χ3n) is 3.76. The van der Waals surface area contributed by atoms with E-state index in [1.54, 1.807) is 5.57 Å². The summed E-state index contributed by atoms with van der Waals surface area (Å²) in [5.74, 6) is 0.912. The van der Waals surface area contributed by atoms with Gasteiger partial charge in [0.1, 0.15) is 0 Å². The van der Waals surface area contributed by atoms with E-state index in [0.717, 1.165) is 19.1 Å². The van der Waals surface area contributed by atoms with Crippen molar-refractivity contribution >= 4 is 0 Å². The van der Waals surface area contributed by atoms with Crippen molar-refractivity contribution in [2.24, 2.45) is 5.92 Å². The van der Waals surface area contributed by atoms with Gasteiger partial charge in [-0.1, -0.05) is 18.1 Å². The predicted octanol–water partition coefficient (Wildman–Crippen LogP) is 4.08. The van der Waals surface area contributed by atoms with Gasteiger partial charge in [0, 0.05) is 13.2 Å². The van der Waals surface area contributed by atoms with Crippen LogP contribution in [0.25, 0.3) is 0 Å². The minimum absolute atomic E-state index is 0.912. The fourth-order valence-corrected chi connectivity index (χ4v) is 2.80. The van der Waals surface area contributed by atoms with Gasteiger partial charge in [-0.15, -0.1) is 0 Å². The molecule has 0 N–H and O–H groups in total. The van der Waals surface area contributed by atoms with Gasteiger partial charge in [-0.2, -0.15) is 0 Å². The largest absolute Gasteiger partial charge is 0.381 e. The Labute approximate surface area is 93.9 Å². The van der Waals surface area contributed by atoms with Crippen molar-refractivity contribution in [1.82, 2.24) is 0 Å². The van der Waals surface area contributed by atoms with E-state index in [2.05, 4.69) is 6.08 Å². The monoisotopic (exact) mass is 208 g/mol. The minimum atomic E-state index is 0.912. The molecule has 15 heavy (non-hydrogen) atoms. The summed E-state index contributed by atoms with van der Waals surface area (Å²) in [5.41, 5.74) is 1.74. The van der Waals surface area contributed by atoms with E-state index >= 15 is 0 Å². The molecule has 1 unspecified atom stereocenters. The van der Waals surface area contributed by atoms with Gasteiger partial charge in [0.25, 0.3) is 0 Å². The number of hydrogen-bond donors (Lipinski definition) is 0. The molecule has 2 aliphatic rings. The highest BCUT2D eigenvalue weighted by molar-refractivity contribution is 5.05. The molecule has 1 aliphatic carbocycles. The van der Waals surface area contributed by atoms with Crippen molar-refractivity contribution in [3.8, 4) is 0 Å². The third kappa shape index (κ3) is 3.98. The molecule has 2 rings (SSSR count). The lowest BCUT2D eigenvalue weighted by atomic mass is 9.86. The molecule has 0 aromatic carbocycles. The van der Waals surface area contributed by atoms with Crippen LogP contribution in [0, 0.1) is 5.92 Å². The van der Waals surface area contributed by atoms with Crippen LogP contribution in [0.5, 0.6) is 0 Å². The number of hydrogen-bond acceptors (Lipinski definition) is 1. The molecule has 86 valence electrons. The minimum Gasteiger partial charge on any atom is -0.381 e. The molecule has 0 aromatic rings. The van der Waals surface area contributed by atoms with Crippen LogP contribution in [-0.4, -0.2) is 13.2 Å². The van der Waals surface area contributed by atoms with E-state index in [0.29, 0.717) is 0 Å². The lowest BCUT2D eigenvalue weighted by molar-refractivity contribution is 0.0999. The second-order valence-electron chi connectivity index (χ2n) is 5.08. The van der Waals surface area contributed by atoms with Crippen LogP contribution in [0.2, 0.25) is 0 Å². The topological polar surface area (TPSA) is 9.23 Å². The van der Waals surface area contributed by atoms with E-state index in [4.69, 9.17) is 4.74 Å². The summed E-state index contributed by atoms with van der Waals surface area (Å²) >= 11 is 0. The van der Waals surface area contributed by atoms with Gasteiger partial charge in [-0.05, 0) is 57.3 Å². The van der Waals surface area contributed by atoms with Gasteiger partial charge in [0.05, 0.1) is 0 Å². The molecule has 1 aliphatic heterocycles. The maximum atomic E-state index is 5.57. The van der Waals surface area contributed by atoms with E-state index < -0.39 is 0 Å². The first-order valence-corrected chi connectivity index (χ1v) is 6.71. The molecule has 1 nitrogen and oxygen atoms in total. The molecular weight excluding hydrogens is 184 g/mol. The first-order chi connectivity index (χ1) is 7.45. The summed E-state index contributed by atoms with van der Waals surface area (Å²) in [6, 6.07) is 0. The lowest BCUT2D eigenvalue weighted by Crippen LogP contribution is -2.12. The second kappa shape index (κ2) is 6.32. The first kappa shape index (κ1) is 11.2. The molecule has 0 aromatic heterocycles. The Morgan fingerprint density at radius 1 is 1.07 bits per heavy atom. The van der Waals surface area contributed by atoms with Gasteiger partial charge < -0.3 is 4.74 Å². The van der Waals surface area contributed by atoms with Crippen molar-refractivity contribution in [2.45, 2.75) is 57.8 Å². The van der Waals surface area contributed by atoms with Gasteiger partial charge in [0.15, 0.2) is 0 Å². The average molecular weight is 208 g/mol. The Balaban J connectivity index is 1.78. The summed E-state index contributed by atoms with van der Waals surface area (Å²) in [6.45, 7) is 1.99. The van der Waals surface area contributed by atoms with Gasteiger partial charge >= 0.3 is 0 Å². The van der Waals surface area contributed by atoms with Crippen LogP contribution >= 0.6 is 0 Å². The van der Waals surface area contributed by atoms with Crippen LogP contribution in [0.15, 0.2) is 11.6 Å². The van der Waals surface area contributed by atoms with Crippen LogP contribution in [0.4, 0.5) is 0 Å². The highest BCUT2D eigenvalue weighted by Gasteiger charge is 2.14. The molecule has 0 bridgehead atoms. The number of ether oxygens (including phenoxy) is 1. The average Bonchev–Trinajstić information content (AvgIpc) is 2.23. The van der Waals surface area contributed by atoms with Crippen molar-refractivity contribution in [3.05, 3.63) is 11.6 Å². The van der Waals surface area contributed by atoms with Gasteiger partial charge in [0.2, 0.25) is 0 Å². The summed E-state index contributed by atoms with van der Waals surface area (Å²) in [7, 11) is 0. The molecule has 0 saturated carbocycles. The molecule has 0 spiro atoms. The van der Waals surface area contributed by atoms with Crippen molar-refractivity contribution in [3.63, 3.8) is 0 Å². The summed E-state index contributed by atoms with van der Waals surface area (Å²) in [5, 5.41) is 0. The molecule has 1 saturated heterocycles. The first-order valence-electron chi connectivity index (χ1n) is 6.71. The van der Waals surface area contributed by atoms with Crippen LogP contribution in [0.3, 0.4) is 0 Å². The zero-order valence-corrected chi connectivity index (χ0v) is 9.84. The van der Waals surface area contributed by atoms with E-state index in [9.17, 15) is 0 Å². The summed E-state index contributed by atoms with van der Waals surface area (Å²) < 4.78 is 5.57. The molecule has 0 radical (unpaired) electrons.